The second-order valence-electron chi connectivity index (χ2n) is 5.18. The van der Waals surface area contributed by atoms with E-state index in [0.717, 1.165) is 5.56 Å². The van der Waals surface area contributed by atoms with Gasteiger partial charge in [-0.1, -0.05) is 30.0 Å². The monoisotopic (exact) mass is 342 g/mol. The molecule has 0 bridgehead atoms. The summed E-state index contributed by atoms with van der Waals surface area (Å²) in [5.74, 6) is 15.8. The summed E-state index contributed by atoms with van der Waals surface area (Å²) in [6, 6.07) is 9.41. The fourth-order valence-electron chi connectivity index (χ4n) is 2.10. The predicted octanol–water partition coefficient (Wildman–Crippen LogP) is -1.14. The molecule has 0 amide bonds. The standard InChI is InChI=1S/C19H18O6/c20-13-15-16(21)17(22)18(23)19(25-15)24-12-8-3-1-2-5-9-14-10-6-4-7-11-14/h4,6-7,10-11,15-23H,12-13H2/t15-,16-,17+,18+,19+/m1/s1. The Morgan fingerprint density at radius 3 is 2.36 bits per heavy atom. The molecule has 1 aromatic rings. The lowest BCUT2D eigenvalue weighted by Gasteiger charge is -2.39. The first-order chi connectivity index (χ1) is 12.1. The molecule has 1 fully saturated rings. The van der Waals surface area contributed by atoms with Crippen molar-refractivity contribution in [1.29, 1.82) is 0 Å². The molecule has 0 spiro atoms. The Hall–Kier alpha value is -2.34. The molecule has 130 valence electrons. The third-order valence-corrected chi connectivity index (χ3v) is 3.42. The van der Waals surface area contributed by atoms with E-state index in [1.807, 2.05) is 30.3 Å². The second-order valence-corrected chi connectivity index (χ2v) is 5.18. The Kier molecular flexibility index (Phi) is 7.47. The summed E-state index contributed by atoms with van der Waals surface area (Å²) in [5, 5.41) is 38.1. The highest BCUT2D eigenvalue weighted by atomic mass is 16.7. The van der Waals surface area contributed by atoms with Crippen LogP contribution in [0.4, 0.5) is 0 Å². The average Bonchev–Trinajstić information content (AvgIpc) is 2.64. The van der Waals surface area contributed by atoms with Crippen LogP contribution in [-0.2, 0) is 9.47 Å². The number of ether oxygens (including phenoxy) is 2. The number of aliphatic hydroxyl groups excluding tert-OH is 4. The van der Waals surface area contributed by atoms with Gasteiger partial charge in [0, 0.05) is 5.56 Å². The molecule has 0 unspecified atom stereocenters. The van der Waals surface area contributed by atoms with Crippen LogP contribution in [0.1, 0.15) is 5.56 Å². The van der Waals surface area contributed by atoms with Crippen molar-refractivity contribution in [2.24, 2.45) is 0 Å². The van der Waals surface area contributed by atoms with Crippen LogP contribution < -0.4 is 0 Å². The zero-order valence-electron chi connectivity index (χ0n) is 13.3. The number of benzene rings is 1. The first-order valence-electron chi connectivity index (χ1n) is 7.59. The highest BCUT2D eigenvalue weighted by Gasteiger charge is 2.43. The maximum Gasteiger partial charge on any atom is 0.187 e. The highest BCUT2D eigenvalue weighted by molar-refractivity contribution is 5.42. The number of hydrogen-bond acceptors (Lipinski definition) is 6. The van der Waals surface area contributed by atoms with Crippen molar-refractivity contribution in [2.75, 3.05) is 13.2 Å². The van der Waals surface area contributed by atoms with Crippen molar-refractivity contribution < 1.29 is 29.9 Å². The third kappa shape index (κ3) is 5.60. The van der Waals surface area contributed by atoms with E-state index in [4.69, 9.17) is 14.6 Å². The summed E-state index contributed by atoms with van der Waals surface area (Å²) in [6.45, 7) is -0.620. The largest absolute Gasteiger partial charge is 0.394 e. The summed E-state index contributed by atoms with van der Waals surface area (Å²) in [7, 11) is 0. The number of rotatable bonds is 3. The van der Waals surface area contributed by atoms with Crippen LogP contribution in [-0.4, -0.2) is 64.3 Å². The summed E-state index contributed by atoms with van der Waals surface area (Å²) >= 11 is 0. The van der Waals surface area contributed by atoms with Gasteiger partial charge in [-0.3, -0.25) is 0 Å². The summed E-state index contributed by atoms with van der Waals surface area (Å²) in [4.78, 5) is 0. The summed E-state index contributed by atoms with van der Waals surface area (Å²) in [5.41, 5.74) is 0.857. The van der Waals surface area contributed by atoms with Gasteiger partial charge in [0.15, 0.2) is 6.29 Å². The van der Waals surface area contributed by atoms with Gasteiger partial charge in [-0.15, -0.1) is 0 Å². The molecule has 0 aliphatic carbocycles. The van der Waals surface area contributed by atoms with Gasteiger partial charge in [0.25, 0.3) is 0 Å². The molecule has 25 heavy (non-hydrogen) atoms. The fourth-order valence-corrected chi connectivity index (χ4v) is 2.10. The Bertz CT molecular complexity index is 726. The van der Waals surface area contributed by atoms with Crippen molar-refractivity contribution >= 4 is 0 Å². The number of hydrogen-bond donors (Lipinski definition) is 4. The van der Waals surface area contributed by atoms with E-state index in [0.29, 0.717) is 0 Å². The zero-order valence-corrected chi connectivity index (χ0v) is 13.3. The zero-order chi connectivity index (χ0) is 18.1. The lowest BCUT2D eigenvalue weighted by molar-refractivity contribution is -0.298. The Balaban J connectivity index is 1.81. The molecule has 0 radical (unpaired) electrons. The topological polar surface area (TPSA) is 99.4 Å². The van der Waals surface area contributed by atoms with Crippen molar-refractivity contribution in [3.8, 4) is 35.5 Å². The Labute approximate surface area is 146 Å². The smallest absolute Gasteiger partial charge is 0.187 e. The van der Waals surface area contributed by atoms with E-state index >= 15 is 0 Å². The molecule has 1 heterocycles. The van der Waals surface area contributed by atoms with Gasteiger partial charge < -0.3 is 29.9 Å². The lowest BCUT2D eigenvalue weighted by atomic mass is 9.99. The molecule has 0 saturated carbocycles. The lowest BCUT2D eigenvalue weighted by Crippen LogP contribution is -2.59. The van der Waals surface area contributed by atoms with Crippen molar-refractivity contribution in [3.63, 3.8) is 0 Å². The minimum Gasteiger partial charge on any atom is -0.394 e. The third-order valence-electron chi connectivity index (χ3n) is 3.42. The van der Waals surface area contributed by atoms with E-state index in [9.17, 15) is 15.3 Å². The molecule has 0 aromatic heterocycles. The molecule has 1 aliphatic rings. The van der Waals surface area contributed by atoms with Gasteiger partial charge in [0.2, 0.25) is 0 Å². The van der Waals surface area contributed by atoms with Crippen LogP contribution in [0.5, 0.6) is 0 Å². The molecule has 1 aromatic carbocycles. The van der Waals surface area contributed by atoms with Crippen molar-refractivity contribution in [1.82, 2.24) is 0 Å². The van der Waals surface area contributed by atoms with Gasteiger partial charge in [-0.25, -0.2) is 0 Å². The quantitative estimate of drug-likeness (QED) is 0.519. The molecule has 1 saturated heterocycles. The maximum absolute atomic E-state index is 9.77. The normalized spacial score (nSPS) is 27.8. The Morgan fingerprint density at radius 2 is 1.64 bits per heavy atom. The van der Waals surface area contributed by atoms with Gasteiger partial charge >= 0.3 is 0 Å². The summed E-state index contributed by atoms with van der Waals surface area (Å²) < 4.78 is 10.4. The molecular formula is C19H18O6. The van der Waals surface area contributed by atoms with E-state index in [1.165, 1.54) is 0 Å². The van der Waals surface area contributed by atoms with E-state index in [1.54, 1.807) is 0 Å². The molecule has 5 atom stereocenters. The molecule has 1 aliphatic heterocycles. The van der Waals surface area contributed by atoms with Gasteiger partial charge in [-0.2, -0.15) is 0 Å². The SMILES string of the molecule is OC[C@H]1O[C@H](OCC#CC#CC#Cc2ccccc2)[C@@H](O)[C@@H](O)[C@@H]1O. The average molecular weight is 342 g/mol. The van der Waals surface area contributed by atoms with Crippen LogP contribution in [0.3, 0.4) is 0 Å². The van der Waals surface area contributed by atoms with E-state index in [2.05, 4.69) is 35.5 Å². The Morgan fingerprint density at radius 1 is 0.920 bits per heavy atom. The van der Waals surface area contributed by atoms with Gasteiger partial charge in [0.05, 0.1) is 6.61 Å². The van der Waals surface area contributed by atoms with E-state index in [-0.39, 0.29) is 6.61 Å². The molecular weight excluding hydrogens is 324 g/mol. The molecule has 2 rings (SSSR count). The van der Waals surface area contributed by atoms with E-state index < -0.39 is 37.3 Å². The summed E-state index contributed by atoms with van der Waals surface area (Å²) in [6.07, 6.45) is -6.54. The molecule has 4 N–H and O–H groups in total. The van der Waals surface area contributed by atoms with Crippen LogP contribution in [0.25, 0.3) is 0 Å². The molecule has 6 heteroatoms. The highest BCUT2D eigenvalue weighted by Crippen LogP contribution is 2.21. The first-order valence-corrected chi connectivity index (χ1v) is 7.59. The van der Waals surface area contributed by atoms with Crippen LogP contribution in [0, 0.1) is 35.5 Å². The minimum absolute atomic E-state index is 0.108. The predicted molar refractivity (Wildman–Crippen MR) is 88.6 cm³/mol. The van der Waals surface area contributed by atoms with Crippen LogP contribution in [0.2, 0.25) is 0 Å². The first kappa shape index (κ1) is 19.0. The van der Waals surface area contributed by atoms with Crippen molar-refractivity contribution in [3.05, 3.63) is 35.9 Å². The second kappa shape index (κ2) is 9.84. The van der Waals surface area contributed by atoms with Crippen molar-refractivity contribution in [2.45, 2.75) is 30.7 Å². The fraction of sp³-hybridized carbons (Fsp3) is 0.368. The molecule has 6 nitrogen and oxygen atoms in total. The van der Waals surface area contributed by atoms with Gasteiger partial charge in [-0.05, 0) is 35.8 Å². The minimum atomic E-state index is -1.48. The van der Waals surface area contributed by atoms with Gasteiger partial charge in [0.1, 0.15) is 31.0 Å². The van der Waals surface area contributed by atoms with Crippen LogP contribution >= 0.6 is 0 Å². The van der Waals surface area contributed by atoms with Crippen LogP contribution in [0.15, 0.2) is 30.3 Å². The number of aliphatic hydroxyl groups is 4. The maximum atomic E-state index is 9.77.